The predicted octanol–water partition coefficient (Wildman–Crippen LogP) is 3.04. The van der Waals surface area contributed by atoms with Gasteiger partial charge in [-0.3, -0.25) is 9.28 Å². The maximum Gasteiger partial charge on any atom is 0.414 e. The van der Waals surface area contributed by atoms with E-state index in [1.54, 1.807) is 32.3 Å². The average Bonchev–Trinajstić information content (AvgIpc) is 2.61. The lowest BCUT2D eigenvalue weighted by atomic mass is 10.2. The summed E-state index contributed by atoms with van der Waals surface area (Å²) in [4.78, 5) is 34.3. The molecule has 0 spiro atoms. The van der Waals surface area contributed by atoms with Gasteiger partial charge in [0.15, 0.2) is 0 Å². The molecule has 0 aromatic heterocycles. The van der Waals surface area contributed by atoms with Crippen LogP contribution in [-0.4, -0.2) is 63.3 Å². The third kappa shape index (κ3) is 8.02. The van der Waals surface area contributed by atoms with Crippen molar-refractivity contribution in [2.24, 2.45) is 0 Å². The molecule has 0 radical (unpaired) electrons. The molecule has 1 N–H and O–H groups in total. The van der Waals surface area contributed by atoms with Gasteiger partial charge < -0.3 is 19.5 Å². The molecule has 0 aliphatic rings. The molecule has 156 valence electrons. The van der Waals surface area contributed by atoms with Crippen LogP contribution in [0, 0.1) is 0 Å². The van der Waals surface area contributed by atoms with Crippen LogP contribution in [0.1, 0.15) is 17.3 Å². The van der Waals surface area contributed by atoms with E-state index in [2.05, 4.69) is 25.9 Å². The number of hydrogen-bond donors (Lipinski definition) is 1. The molecule has 2 rings (SSSR count). The van der Waals surface area contributed by atoms with E-state index in [0.29, 0.717) is 10.2 Å². The number of ether oxygens (including phenoxy) is 2. The van der Waals surface area contributed by atoms with Crippen molar-refractivity contribution < 1.29 is 29.0 Å². The van der Waals surface area contributed by atoms with E-state index in [1.165, 1.54) is 17.0 Å². The number of benzene rings is 2. The molecular weight excluding hydrogens is 376 g/mol. The van der Waals surface area contributed by atoms with Crippen molar-refractivity contribution in [1.82, 2.24) is 9.38 Å². The Hall–Kier alpha value is -3.39. The van der Waals surface area contributed by atoms with E-state index < -0.39 is 11.9 Å². The van der Waals surface area contributed by atoms with Crippen LogP contribution in [0.25, 0.3) is 0 Å². The van der Waals surface area contributed by atoms with Crippen LogP contribution in [-0.2, 0) is 9.53 Å². The Morgan fingerprint density at radius 1 is 0.966 bits per heavy atom. The molecule has 0 atom stereocenters. The normalized spacial score (nSPS) is 10.3. The van der Waals surface area contributed by atoms with Gasteiger partial charge in [-0.25, -0.2) is 9.59 Å². The lowest BCUT2D eigenvalue weighted by Gasteiger charge is -2.23. The molecule has 0 aliphatic heterocycles. The number of nitrogens with zero attached hydrogens (tertiary/aromatic N) is 2. The maximum absolute atomic E-state index is 11.4. The fourth-order valence-electron chi connectivity index (χ4n) is 1.99. The van der Waals surface area contributed by atoms with Gasteiger partial charge in [0, 0.05) is 27.1 Å². The summed E-state index contributed by atoms with van der Waals surface area (Å²) in [6.07, 6.45) is -0.362. The zero-order chi connectivity index (χ0) is 22.2. The van der Waals surface area contributed by atoms with Gasteiger partial charge in [0.1, 0.15) is 22.7 Å². The second-order valence-electron chi connectivity index (χ2n) is 7.17. The molecule has 0 bridgehead atoms. The van der Waals surface area contributed by atoms with Gasteiger partial charge in [0.05, 0.1) is 21.1 Å². The summed E-state index contributed by atoms with van der Waals surface area (Å²) in [6, 6.07) is 13.4. The first-order valence-electron chi connectivity index (χ1n) is 8.73. The minimum absolute atomic E-state index is 0.0160. The SMILES string of the molecule is CC(=O)OC(=O)c1ccccc1O.CN(C)C(=O)Oc1cccc([N+](C)(C)C)c1. The van der Waals surface area contributed by atoms with Crippen molar-refractivity contribution in [1.29, 1.82) is 0 Å². The predicted molar refractivity (Wildman–Crippen MR) is 110 cm³/mol. The van der Waals surface area contributed by atoms with E-state index in [1.807, 2.05) is 18.2 Å². The Morgan fingerprint density at radius 2 is 1.59 bits per heavy atom. The monoisotopic (exact) mass is 403 g/mol. The fraction of sp³-hybridized carbons (Fsp3) is 0.286. The first-order chi connectivity index (χ1) is 13.4. The smallest absolute Gasteiger partial charge is 0.414 e. The second kappa shape index (κ2) is 10.2. The van der Waals surface area contributed by atoms with Gasteiger partial charge in [-0.2, -0.15) is 0 Å². The lowest BCUT2D eigenvalue weighted by molar-refractivity contribution is -0.135. The van der Waals surface area contributed by atoms with Crippen molar-refractivity contribution in [3.63, 3.8) is 0 Å². The number of phenols is 1. The minimum Gasteiger partial charge on any atom is -0.507 e. The highest BCUT2D eigenvalue weighted by atomic mass is 16.6. The molecule has 0 aliphatic carbocycles. The van der Waals surface area contributed by atoms with Gasteiger partial charge in [0.25, 0.3) is 0 Å². The van der Waals surface area contributed by atoms with Gasteiger partial charge in [-0.15, -0.1) is 0 Å². The highest BCUT2D eigenvalue weighted by Gasteiger charge is 2.14. The van der Waals surface area contributed by atoms with Crippen LogP contribution in [0.3, 0.4) is 0 Å². The largest absolute Gasteiger partial charge is 0.507 e. The maximum atomic E-state index is 11.4. The second-order valence-corrected chi connectivity index (χ2v) is 7.17. The fourth-order valence-corrected chi connectivity index (χ4v) is 1.99. The topological polar surface area (TPSA) is 93.1 Å². The first kappa shape index (κ1) is 23.6. The van der Waals surface area contributed by atoms with Crippen LogP contribution in [0.2, 0.25) is 0 Å². The zero-order valence-electron chi connectivity index (χ0n) is 17.5. The molecule has 8 nitrogen and oxygen atoms in total. The summed E-state index contributed by atoms with van der Waals surface area (Å²) in [5.41, 5.74) is 1.07. The number of carbonyl (C=O) groups excluding carboxylic acids is 3. The summed E-state index contributed by atoms with van der Waals surface area (Å²) in [6.45, 7) is 1.12. The van der Waals surface area contributed by atoms with Crippen LogP contribution in [0.5, 0.6) is 11.5 Å². The van der Waals surface area contributed by atoms with Gasteiger partial charge in [-0.1, -0.05) is 18.2 Å². The van der Waals surface area contributed by atoms with Crippen molar-refractivity contribution in [3.05, 3.63) is 54.1 Å². The number of amides is 1. The molecule has 0 unspecified atom stereocenters. The van der Waals surface area contributed by atoms with Crippen molar-refractivity contribution >= 4 is 23.7 Å². The number of hydrogen-bond acceptors (Lipinski definition) is 6. The molecule has 29 heavy (non-hydrogen) atoms. The molecular formula is C21H27N2O6+. The summed E-state index contributed by atoms with van der Waals surface area (Å²) < 4.78 is 10.2. The number of aromatic hydroxyl groups is 1. The Morgan fingerprint density at radius 3 is 2.10 bits per heavy atom. The first-order valence-corrected chi connectivity index (χ1v) is 8.73. The number of quaternary nitrogens is 1. The van der Waals surface area contributed by atoms with Gasteiger partial charge in [-0.05, 0) is 24.3 Å². The third-order valence-electron chi connectivity index (χ3n) is 3.52. The van der Waals surface area contributed by atoms with Gasteiger partial charge in [0.2, 0.25) is 0 Å². The van der Waals surface area contributed by atoms with E-state index >= 15 is 0 Å². The van der Waals surface area contributed by atoms with E-state index in [9.17, 15) is 19.5 Å². The van der Waals surface area contributed by atoms with E-state index in [-0.39, 0.29) is 17.4 Å². The quantitative estimate of drug-likeness (QED) is 0.481. The Kier molecular flexibility index (Phi) is 8.35. The van der Waals surface area contributed by atoms with Crippen molar-refractivity contribution in [3.8, 4) is 11.5 Å². The number of phenolic OH excluding ortho intramolecular Hbond substituents is 1. The van der Waals surface area contributed by atoms with Crippen LogP contribution < -0.4 is 9.22 Å². The summed E-state index contributed by atoms with van der Waals surface area (Å²) >= 11 is 0. The molecule has 0 heterocycles. The van der Waals surface area contributed by atoms with E-state index in [0.717, 1.165) is 12.6 Å². The number of para-hydroxylation sites is 1. The van der Waals surface area contributed by atoms with Crippen LogP contribution in [0.4, 0.5) is 10.5 Å². The van der Waals surface area contributed by atoms with Crippen molar-refractivity contribution in [2.75, 3.05) is 35.2 Å². The molecule has 0 saturated carbocycles. The Balaban J connectivity index is 0.000000296. The summed E-state index contributed by atoms with van der Waals surface area (Å²) in [7, 11) is 9.50. The number of esters is 2. The van der Waals surface area contributed by atoms with Crippen LogP contribution >= 0.6 is 0 Å². The lowest BCUT2D eigenvalue weighted by Crippen LogP contribution is -2.34. The Labute approximate surface area is 170 Å². The van der Waals surface area contributed by atoms with E-state index in [4.69, 9.17) is 4.74 Å². The third-order valence-corrected chi connectivity index (χ3v) is 3.52. The molecule has 2 aromatic rings. The molecule has 0 fully saturated rings. The summed E-state index contributed by atoms with van der Waals surface area (Å²) in [5, 5.41) is 9.18. The van der Waals surface area contributed by atoms with Gasteiger partial charge >= 0.3 is 18.0 Å². The average molecular weight is 403 g/mol. The zero-order valence-corrected chi connectivity index (χ0v) is 17.5. The number of rotatable bonds is 3. The summed E-state index contributed by atoms with van der Waals surface area (Å²) in [5.74, 6) is -1.17. The van der Waals surface area contributed by atoms with Crippen molar-refractivity contribution in [2.45, 2.75) is 6.92 Å². The highest BCUT2D eigenvalue weighted by molar-refractivity contribution is 5.98. The molecule has 1 amide bonds. The standard InChI is InChI=1S/C12H19N2O2.C9H8O4/c1-13(2)12(15)16-11-8-6-7-10(9-11)14(3,4)5;1-6(10)13-9(12)7-4-2-3-5-8(7)11/h6-9H,1-5H3;2-5,11H,1H3/q+1;. The molecule has 8 heteroatoms. The molecule has 2 aromatic carbocycles. The van der Waals surface area contributed by atoms with Crippen LogP contribution in [0.15, 0.2) is 48.5 Å². The highest BCUT2D eigenvalue weighted by Crippen LogP contribution is 2.23. The molecule has 0 saturated heterocycles. The minimum atomic E-state index is -0.842. The Bertz CT molecular complexity index is 871. The number of carbonyl (C=O) groups is 3.